The molecule has 2 rings (SSSR count). The number of halogens is 1. The van der Waals surface area contributed by atoms with E-state index in [1.807, 2.05) is 4.90 Å². The van der Waals surface area contributed by atoms with Gasteiger partial charge in [0.1, 0.15) is 5.75 Å². The molecule has 0 saturated carbocycles. The van der Waals surface area contributed by atoms with Crippen LogP contribution in [-0.4, -0.2) is 50.3 Å². The summed E-state index contributed by atoms with van der Waals surface area (Å²) in [5.74, 6) is 0.711. The van der Waals surface area contributed by atoms with Gasteiger partial charge in [0, 0.05) is 31.8 Å². The Balaban J connectivity index is 2.17. The molecule has 1 aliphatic rings. The lowest BCUT2D eigenvalue weighted by molar-refractivity contribution is 0.0139. The van der Waals surface area contributed by atoms with Crippen molar-refractivity contribution in [3.63, 3.8) is 0 Å². The number of ether oxygens (including phenoxy) is 2. The van der Waals surface area contributed by atoms with Crippen LogP contribution in [0.5, 0.6) is 5.75 Å². The summed E-state index contributed by atoms with van der Waals surface area (Å²) in [6.45, 7) is 1.12. The molecule has 0 aliphatic carbocycles. The molecule has 2 N–H and O–H groups in total. The van der Waals surface area contributed by atoms with Crippen LogP contribution in [0.25, 0.3) is 0 Å². The average Bonchev–Trinajstić information content (AvgIpc) is 2.53. The number of piperidine rings is 1. The van der Waals surface area contributed by atoms with E-state index in [0.717, 1.165) is 17.3 Å². The fourth-order valence-corrected chi connectivity index (χ4v) is 3.23. The van der Waals surface area contributed by atoms with E-state index in [1.165, 1.54) is 0 Å². The maximum absolute atomic E-state index is 12.7. The molecule has 1 aromatic rings. The van der Waals surface area contributed by atoms with Crippen LogP contribution >= 0.6 is 15.9 Å². The molecule has 1 saturated heterocycles. The monoisotopic (exact) mass is 356 g/mol. The van der Waals surface area contributed by atoms with E-state index < -0.39 is 0 Å². The third-order valence-corrected chi connectivity index (χ3v) is 4.55. The molecule has 1 aromatic carbocycles. The Morgan fingerprint density at radius 2 is 2.24 bits per heavy atom. The molecule has 0 aromatic heterocycles. The third kappa shape index (κ3) is 3.56. The molecule has 21 heavy (non-hydrogen) atoms. The Bertz CT molecular complexity index is 510. The number of carbonyl (C=O) groups is 1. The van der Waals surface area contributed by atoms with Gasteiger partial charge in [-0.2, -0.15) is 0 Å². The molecule has 1 fully saturated rings. The van der Waals surface area contributed by atoms with Crippen LogP contribution in [0.15, 0.2) is 22.7 Å². The van der Waals surface area contributed by atoms with Gasteiger partial charge in [-0.3, -0.25) is 4.79 Å². The zero-order valence-corrected chi connectivity index (χ0v) is 13.9. The first-order valence-corrected chi connectivity index (χ1v) is 7.77. The van der Waals surface area contributed by atoms with Crippen LogP contribution in [0, 0.1) is 0 Å². The minimum absolute atomic E-state index is 0.00311. The number of nitrogens with two attached hydrogens (primary N) is 1. The van der Waals surface area contributed by atoms with Gasteiger partial charge in [-0.25, -0.2) is 0 Å². The number of amides is 1. The number of hydrogen-bond donors (Lipinski definition) is 1. The van der Waals surface area contributed by atoms with Crippen molar-refractivity contribution in [3.05, 3.63) is 28.2 Å². The molecule has 5 nitrogen and oxygen atoms in total. The number of rotatable bonds is 4. The molecule has 1 aliphatic heterocycles. The number of nitrogens with zero attached hydrogens (tertiary/aromatic N) is 1. The minimum atomic E-state index is 0.00311. The molecular weight excluding hydrogens is 336 g/mol. The summed E-state index contributed by atoms with van der Waals surface area (Å²) in [7, 11) is 3.30. The van der Waals surface area contributed by atoms with Crippen molar-refractivity contribution >= 4 is 21.8 Å². The van der Waals surface area contributed by atoms with Crippen molar-refractivity contribution in [1.29, 1.82) is 0 Å². The Hall–Kier alpha value is -1.11. The Morgan fingerprint density at radius 1 is 1.48 bits per heavy atom. The second kappa shape index (κ2) is 7.24. The number of likely N-dealkylation sites (tertiary alicyclic amines) is 1. The number of hydrogen-bond acceptors (Lipinski definition) is 4. The van der Waals surface area contributed by atoms with Crippen molar-refractivity contribution in [2.45, 2.75) is 25.0 Å². The second-order valence-electron chi connectivity index (χ2n) is 5.12. The summed E-state index contributed by atoms with van der Waals surface area (Å²) in [6.07, 6.45) is 1.82. The van der Waals surface area contributed by atoms with Crippen molar-refractivity contribution in [2.24, 2.45) is 5.73 Å². The highest BCUT2D eigenvalue weighted by molar-refractivity contribution is 9.10. The van der Waals surface area contributed by atoms with Gasteiger partial charge in [0.15, 0.2) is 0 Å². The first-order valence-electron chi connectivity index (χ1n) is 6.98. The first kappa shape index (κ1) is 16.3. The van der Waals surface area contributed by atoms with Crippen LogP contribution in [0.3, 0.4) is 0 Å². The summed E-state index contributed by atoms with van der Waals surface area (Å²) < 4.78 is 11.3. The summed E-state index contributed by atoms with van der Waals surface area (Å²) in [5.41, 5.74) is 6.46. The topological polar surface area (TPSA) is 64.8 Å². The molecule has 1 amide bonds. The minimum Gasteiger partial charge on any atom is -0.496 e. The van der Waals surface area contributed by atoms with E-state index in [4.69, 9.17) is 15.2 Å². The van der Waals surface area contributed by atoms with E-state index >= 15 is 0 Å². The van der Waals surface area contributed by atoms with Crippen molar-refractivity contribution in [3.8, 4) is 5.75 Å². The summed E-state index contributed by atoms with van der Waals surface area (Å²) in [5, 5.41) is 0. The third-order valence-electron chi connectivity index (χ3n) is 3.93. The van der Waals surface area contributed by atoms with Gasteiger partial charge in [-0.15, -0.1) is 0 Å². The molecular formula is C15H21BrN2O3. The van der Waals surface area contributed by atoms with E-state index in [-0.39, 0.29) is 18.1 Å². The lowest BCUT2D eigenvalue weighted by atomic mass is 9.98. The Labute approximate surface area is 133 Å². The molecule has 6 heteroatoms. The number of carbonyl (C=O) groups excluding carboxylic acids is 1. The largest absolute Gasteiger partial charge is 0.496 e. The Kier molecular flexibility index (Phi) is 5.61. The highest BCUT2D eigenvalue weighted by Gasteiger charge is 2.31. The van der Waals surface area contributed by atoms with Gasteiger partial charge in [-0.05, 0) is 47.0 Å². The van der Waals surface area contributed by atoms with Crippen LogP contribution in [-0.2, 0) is 4.74 Å². The lowest BCUT2D eigenvalue weighted by Crippen LogP contribution is -2.51. The predicted molar refractivity (Wildman–Crippen MR) is 84.6 cm³/mol. The van der Waals surface area contributed by atoms with Crippen LogP contribution in [0.1, 0.15) is 23.2 Å². The first-order chi connectivity index (χ1) is 10.1. The van der Waals surface area contributed by atoms with Gasteiger partial charge < -0.3 is 20.1 Å². The van der Waals surface area contributed by atoms with Gasteiger partial charge in [0.05, 0.1) is 17.7 Å². The summed E-state index contributed by atoms with van der Waals surface area (Å²) in [6, 6.07) is 5.38. The van der Waals surface area contributed by atoms with Crippen molar-refractivity contribution in [2.75, 3.05) is 27.3 Å². The highest BCUT2D eigenvalue weighted by atomic mass is 79.9. The standard InChI is InChI=1S/C15H21BrN2O3/c1-20-12-5-6-18(11(8-12)9-17)15(19)10-3-4-14(21-2)13(16)7-10/h3-4,7,11-12H,5-6,8-9,17H2,1-2H3. The van der Waals surface area contributed by atoms with Crippen molar-refractivity contribution in [1.82, 2.24) is 4.90 Å². The van der Waals surface area contributed by atoms with Gasteiger partial charge in [0.2, 0.25) is 0 Å². The smallest absolute Gasteiger partial charge is 0.254 e. The highest BCUT2D eigenvalue weighted by Crippen LogP contribution is 2.27. The fraction of sp³-hybridized carbons (Fsp3) is 0.533. The van der Waals surface area contributed by atoms with Crippen molar-refractivity contribution < 1.29 is 14.3 Å². The van der Waals surface area contributed by atoms with Gasteiger partial charge in [-0.1, -0.05) is 0 Å². The molecule has 1 heterocycles. The molecule has 0 radical (unpaired) electrons. The van der Waals surface area contributed by atoms with E-state index in [9.17, 15) is 4.79 Å². The van der Waals surface area contributed by atoms with E-state index in [1.54, 1.807) is 32.4 Å². The molecule has 116 valence electrons. The summed E-state index contributed by atoms with van der Waals surface area (Å²) >= 11 is 3.41. The fourth-order valence-electron chi connectivity index (χ4n) is 2.68. The van der Waals surface area contributed by atoms with Crippen LogP contribution < -0.4 is 10.5 Å². The zero-order chi connectivity index (χ0) is 15.4. The van der Waals surface area contributed by atoms with E-state index in [0.29, 0.717) is 24.4 Å². The second-order valence-corrected chi connectivity index (χ2v) is 5.97. The zero-order valence-electron chi connectivity index (χ0n) is 12.3. The van der Waals surface area contributed by atoms with Crippen LogP contribution in [0.4, 0.5) is 0 Å². The molecule has 2 unspecified atom stereocenters. The predicted octanol–water partition coefficient (Wildman–Crippen LogP) is 2.04. The van der Waals surface area contributed by atoms with Gasteiger partial charge in [0.25, 0.3) is 5.91 Å². The molecule has 0 bridgehead atoms. The molecule has 0 spiro atoms. The lowest BCUT2D eigenvalue weighted by Gasteiger charge is -2.38. The quantitative estimate of drug-likeness (QED) is 0.896. The SMILES string of the molecule is COc1ccc(C(=O)N2CCC(OC)CC2CN)cc1Br. The maximum Gasteiger partial charge on any atom is 0.254 e. The normalized spacial score (nSPS) is 22.2. The van der Waals surface area contributed by atoms with E-state index in [2.05, 4.69) is 15.9 Å². The number of benzene rings is 1. The summed E-state index contributed by atoms with van der Waals surface area (Å²) in [4.78, 5) is 14.5. The molecule has 2 atom stereocenters. The number of methoxy groups -OCH3 is 2. The van der Waals surface area contributed by atoms with Crippen LogP contribution in [0.2, 0.25) is 0 Å². The maximum atomic E-state index is 12.7. The Morgan fingerprint density at radius 3 is 2.81 bits per heavy atom. The van der Waals surface area contributed by atoms with Gasteiger partial charge >= 0.3 is 0 Å². The average molecular weight is 357 g/mol.